The number of rotatable bonds is 6. The summed E-state index contributed by atoms with van der Waals surface area (Å²) in [5.74, 6) is 1.90. The maximum absolute atomic E-state index is 5.92. The molecule has 2 heterocycles. The predicted octanol–water partition coefficient (Wildman–Crippen LogP) is 4.18. The van der Waals surface area contributed by atoms with Crippen LogP contribution in [0.5, 0.6) is 11.5 Å². The zero-order valence-electron chi connectivity index (χ0n) is 15.2. The number of ether oxygens (including phenoxy) is 2. The fourth-order valence-corrected chi connectivity index (χ4v) is 3.58. The van der Waals surface area contributed by atoms with Crippen LogP contribution in [-0.2, 0) is 6.54 Å². The van der Waals surface area contributed by atoms with Crippen molar-refractivity contribution < 1.29 is 9.47 Å². The highest BCUT2D eigenvalue weighted by Crippen LogP contribution is 2.33. The smallest absolute Gasteiger partial charge is 0.204 e. The molecule has 0 atom stereocenters. The minimum Gasteiger partial charge on any atom is -0.493 e. The van der Waals surface area contributed by atoms with E-state index in [1.54, 1.807) is 37.7 Å². The van der Waals surface area contributed by atoms with Crippen LogP contribution in [0.2, 0.25) is 5.02 Å². The third-order valence-electron chi connectivity index (χ3n) is 4.04. The van der Waals surface area contributed by atoms with Crippen LogP contribution in [0.25, 0.3) is 22.0 Å². The Hall–Kier alpha value is -2.97. The number of hydrogen-bond donors (Lipinski definition) is 0. The molecule has 0 unspecified atom stereocenters. The molecule has 0 saturated carbocycles. The summed E-state index contributed by atoms with van der Waals surface area (Å²) in [6, 6.07) is 13.1. The number of halogens is 1. The van der Waals surface area contributed by atoms with Gasteiger partial charge in [0.05, 0.1) is 19.9 Å². The van der Waals surface area contributed by atoms with Crippen molar-refractivity contribution in [3.63, 3.8) is 0 Å². The molecule has 28 heavy (non-hydrogen) atoms. The van der Waals surface area contributed by atoms with Crippen LogP contribution < -0.4 is 9.47 Å². The summed E-state index contributed by atoms with van der Waals surface area (Å²) in [4.78, 5) is 6.20. The van der Waals surface area contributed by atoms with Gasteiger partial charge in [0.1, 0.15) is 11.6 Å². The van der Waals surface area contributed by atoms with Crippen molar-refractivity contribution in [3.05, 3.63) is 58.6 Å². The molecule has 2 aromatic heterocycles. The van der Waals surface area contributed by atoms with E-state index in [-0.39, 0.29) is 0 Å². The first-order valence-corrected chi connectivity index (χ1v) is 9.62. The molecular formula is C19H16ClN5O2S. The van der Waals surface area contributed by atoms with Gasteiger partial charge in [-0.05, 0) is 47.7 Å². The molecule has 0 aliphatic carbocycles. The topological polar surface area (TPSA) is 75.0 Å². The lowest BCUT2D eigenvalue weighted by atomic mass is 10.2. The van der Waals surface area contributed by atoms with E-state index in [1.807, 2.05) is 35.7 Å². The minimum atomic E-state index is 0.435. The number of tetrazole rings is 1. The van der Waals surface area contributed by atoms with Gasteiger partial charge < -0.3 is 9.47 Å². The molecule has 0 saturated heterocycles. The number of methoxy groups -OCH3 is 2. The fourth-order valence-electron chi connectivity index (χ4n) is 2.65. The van der Waals surface area contributed by atoms with E-state index in [4.69, 9.17) is 21.1 Å². The molecule has 0 aliphatic rings. The summed E-state index contributed by atoms with van der Waals surface area (Å²) in [5.41, 5.74) is 2.68. The fraction of sp³-hybridized carbons (Fsp3) is 0.158. The highest BCUT2D eigenvalue weighted by atomic mass is 35.5. The lowest BCUT2D eigenvalue weighted by Crippen LogP contribution is -2.04. The van der Waals surface area contributed by atoms with Crippen molar-refractivity contribution in [2.24, 2.45) is 0 Å². The average Bonchev–Trinajstić information content (AvgIpc) is 3.38. The molecule has 7 nitrogen and oxygen atoms in total. The van der Waals surface area contributed by atoms with E-state index in [1.165, 1.54) is 4.80 Å². The van der Waals surface area contributed by atoms with Crippen LogP contribution in [0, 0.1) is 0 Å². The van der Waals surface area contributed by atoms with E-state index in [2.05, 4.69) is 20.4 Å². The quantitative estimate of drug-likeness (QED) is 0.472. The molecule has 0 spiro atoms. The van der Waals surface area contributed by atoms with Crippen LogP contribution in [-0.4, -0.2) is 39.4 Å². The van der Waals surface area contributed by atoms with Gasteiger partial charge in [0.15, 0.2) is 11.5 Å². The first-order valence-electron chi connectivity index (χ1n) is 8.37. The summed E-state index contributed by atoms with van der Waals surface area (Å²) < 4.78 is 10.6. The maximum Gasteiger partial charge on any atom is 0.204 e. The number of thiazole rings is 1. The Morgan fingerprint density at radius 1 is 1.00 bits per heavy atom. The van der Waals surface area contributed by atoms with E-state index >= 15 is 0 Å². The van der Waals surface area contributed by atoms with Crippen molar-refractivity contribution in [2.45, 2.75) is 6.54 Å². The van der Waals surface area contributed by atoms with Crippen LogP contribution in [0.4, 0.5) is 0 Å². The summed E-state index contributed by atoms with van der Waals surface area (Å²) >= 11 is 7.46. The number of aromatic nitrogens is 5. The van der Waals surface area contributed by atoms with Crippen LogP contribution in [0.15, 0.2) is 47.8 Å². The third-order valence-corrected chi connectivity index (χ3v) is 5.23. The summed E-state index contributed by atoms with van der Waals surface area (Å²) in [6.45, 7) is 0.435. The molecular weight excluding hydrogens is 398 g/mol. The summed E-state index contributed by atoms with van der Waals surface area (Å²) in [6.07, 6.45) is 0. The van der Waals surface area contributed by atoms with E-state index in [0.29, 0.717) is 28.9 Å². The molecule has 0 bridgehead atoms. The second-order valence-corrected chi connectivity index (χ2v) is 7.16. The van der Waals surface area contributed by atoms with Gasteiger partial charge in [0.2, 0.25) is 5.82 Å². The normalized spacial score (nSPS) is 10.8. The molecule has 0 N–H and O–H groups in total. The zero-order valence-corrected chi connectivity index (χ0v) is 16.7. The van der Waals surface area contributed by atoms with Gasteiger partial charge in [-0.2, -0.15) is 4.80 Å². The Morgan fingerprint density at radius 2 is 1.75 bits per heavy atom. The Morgan fingerprint density at radius 3 is 2.50 bits per heavy atom. The molecule has 4 aromatic rings. The second-order valence-electron chi connectivity index (χ2n) is 5.86. The molecule has 0 radical (unpaired) electrons. The van der Waals surface area contributed by atoms with E-state index in [0.717, 1.165) is 21.8 Å². The number of nitrogens with zero attached hydrogens (tertiary/aromatic N) is 5. The van der Waals surface area contributed by atoms with Gasteiger partial charge >= 0.3 is 0 Å². The molecule has 4 rings (SSSR count). The van der Waals surface area contributed by atoms with Gasteiger partial charge in [0, 0.05) is 21.5 Å². The zero-order chi connectivity index (χ0) is 19.5. The molecule has 2 aromatic carbocycles. The monoisotopic (exact) mass is 413 g/mol. The van der Waals surface area contributed by atoms with Crippen molar-refractivity contribution in [1.29, 1.82) is 0 Å². The van der Waals surface area contributed by atoms with Gasteiger partial charge in [-0.1, -0.05) is 11.6 Å². The Labute approximate surface area is 170 Å². The number of hydrogen-bond acceptors (Lipinski definition) is 7. The van der Waals surface area contributed by atoms with Gasteiger partial charge in [0.25, 0.3) is 0 Å². The summed E-state index contributed by atoms with van der Waals surface area (Å²) in [7, 11) is 3.23. The van der Waals surface area contributed by atoms with Gasteiger partial charge in [-0.25, -0.2) is 4.98 Å². The Balaban J connectivity index is 1.52. The van der Waals surface area contributed by atoms with E-state index in [9.17, 15) is 0 Å². The lowest BCUT2D eigenvalue weighted by molar-refractivity contribution is 0.355. The van der Waals surface area contributed by atoms with Crippen molar-refractivity contribution in [3.8, 4) is 33.5 Å². The molecule has 142 valence electrons. The highest BCUT2D eigenvalue weighted by molar-refractivity contribution is 7.13. The SMILES string of the molecule is COc1ccc(-c2nc(Cn3nnc(-c4ccc(Cl)cc4)n3)cs2)cc1OC. The van der Waals surface area contributed by atoms with Crippen molar-refractivity contribution in [2.75, 3.05) is 14.2 Å². The molecule has 0 fully saturated rings. The average molecular weight is 414 g/mol. The predicted molar refractivity (Wildman–Crippen MR) is 108 cm³/mol. The third kappa shape index (κ3) is 3.83. The van der Waals surface area contributed by atoms with Crippen LogP contribution in [0.3, 0.4) is 0 Å². The Bertz CT molecular complexity index is 1090. The summed E-state index contributed by atoms with van der Waals surface area (Å²) in [5, 5.41) is 16.2. The van der Waals surface area contributed by atoms with Gasteiger partial charge in [-0.3, -0.25) is 0 Å². The van der Waals surface area contributed by atoms with E-state index < -0.39 is 0 Å². The highest BCUT2D eigenvalue weighted by Gasteiger charge is 2.11. The van der Waals surface area contributed by atoms with Crippen molar-refractivity contribution in [1.82, 2.24) is 25.2 Å². The van der Waals surface area contributed by atoms with Gasteiger partial charge in [-0.15, -0.1) is 21.5 Å². The largest absolute Gasteiger partial charge is 0.493 e. The van der Waals surface area contributed by atoms with Crippen LogP contribution in [0.1, 0.15) is 5.69 Å². The minimum absolute atomic E-state index is 0.435. The lowest BCUT2D eigenvalue weighted by Gasteiger charge is -2.08. The van der Waals surface area contributed by atoms with Crippen molar-refractivity contribution >= 4 is 22.9 Å². The first-order chi connectivity index (χ1) is 13.7. The molecule has 0 aliphatic heterocycles. The van der Waals surface area contributed by atoms with Crippen LogP contribution >= 0.6 is 22.9 Å². The molecule has 0 amide bonds. The second kappa shape index (κ2) is 7.95. The first kappa shape index (κ1) is 18.4. The Kier molecular flexibility index (Phi) is 5.23. The molecule has 9 heteroatoms. The number of benzene rings is 2. The standard InChI is InChI=1S/C19H16ClN5O2S/c1-26-16-8-5-13(9-17(16)27-2)19-21-15(11-28-19)10-25-23-18(22-24-25)12-3-6-14(20)7-4-12/h3-9,11H,10H2,1-2H3. The maximum atomic E-state index is 5.92.